The molecule has 0 aliphatic carbocycles. The zero-order valence-corrected chi connectivity index (χ0v) is 14.5. The van der Waals surface area contributed by atoms with Crippen LogP contribution in [-0.4, -0.2) is 45.8 Å². The Balaban J connectivity index is 0.00000192. The number of piperazine rings is 1. The molecule has 1 aromatic carbocycles. The van der Waals surface area contributed by atoms with Crippen LogP contribution in [0.3, 0.4) is 0 Å². The smallest absolute Gasteiger partial charge is 0.257 e. The lowest BCUT2D eigenvalue weighted by atomic mass is 10.1. The Morgan fingerprint density at radius 1 is 1.26 bits per heavy atom. The Morgan fingerprint density at radius 2 is 1.96 bits per heavy atom. The lowest BCUT2D eigenvalue weighted by Gasteiger charge is -2.38. The van der Waals surface area contributed by atoms with Gasteiger partial charge in [-0.05, 0) is 32.9 Å². The molecule has 1 aliphatic rings. The molecule has 5 nitrogen and oxygen atoms in total. The molecule has 0 spiro atoms. The van der Waals surface area contributed by atoms with E-state index in [2.05, 4.69) is 24.3 Å². The molecule has 2 atom stereocenters. The zero-order valence-electron chi connectivity index (χ0n) is 13.7. The van der Waals surface area contributed by atoms with E-state index in [1.165, 1.54) is 0 Å². The summed E-state index contributed by atoms with van der Waals surface area (Å²) in [5.74, 6) is 0.0699. The molecule has 1 fully saturated rings. The van der Waals surface area contributed by atoms with E-state index in [0.717, 1.165) is 24.5 Å². The molecule has 2 heterocycles. The van der Waals surface area contributed by atoms with Gasteiger partial charge in [0.05, 0.1) is 23.1 Å². The first-order valence-corrected chi connectivity index (χ1v) is 7.74. The van der Waals surface area contributed by atoms with Crippen molar-refractivity contribution in [3.05, 3.63) is 47.8 Å². The van der Waals surface area contributed by atoms with E-state index in [-0.39, 0.29) is 24.4 Å². The van der Waals surface area contributed by atoms with Gasteiger partial charge in [0.2, 0.25) is 0 Å². The number of hydrogen-bond donors (Lipinski definition) is 1. The molecule has 0 bridgehead atoms. The van der Waals surface area contributed by atoms with Crippen LogP contribution in [0.1, 0.15) is 29.9 Å². The van der Waals surface area contributed by atoms with E-state index in [1.807, 2.05) is 46.8 Å². The predicted molar refractivity (Wildman–Crippen MR) is 93.5 cm³/mol. The minimum atomic E-state index is 0. The fourth-order valence-corrected chi connectivity index (χ4v) is 2.95. The molecule has 3 rings (SSSR count). The number of para-hydroxylation sites is 1. The summed E-state index contributed by atoms with van der Waals surface area (Å²) in [4.78, 5) is 14.8. The van der Waals surface area contributed by atoms with Gasteiger partial charge in [0.15, 0.2) is 0 Å². The van der Waals surface area contributed by atoms with Gasteiger partial charge in [0, 0.05) is 25.2 Å². The average molecular weight is 335 g/mol. The minimum absolute atomic E-state index is 0. The molecule has 2 unspecified atom stereocenters. The molecular formula is C17H23ClN4O. The first-order chi connectivity index (χ1) is 10.6. The summed E-state index contributed by atoms with van der Waals surface area (Å²) in [6.07, 6.45) is 1.68. The number of benzene rings is 1. The van der Waals surface area contributed by atoms with Crippen molar-refractivity contribution in [1.29, 1.82) is 0 Å². The quantitative estimate of drug-likeness (QED) is 0.917. The fraction of sp³-hybridized carbons (Fsp3) is 0.412. The number of carbonyl (C=O) groups is 1. The third kappa shape index (κ3) is 3.26. The molecule has 124 valence electrons. The van der Waals surface area contributed by atoms with Crippen molar-refractivity contribution in [3.63, 3.8) is 0 Å². The molecule has 1 aliphatic heterocycles. The predicted octanol–water partition coefficient (Wildman–Crippen LogP) is 2.42. The maximum Gasteiger partial charge on any atom is 0.257 e. The average Bonchev–Trinajstić information content (AvgIpc) is 2.92. The number of halogens is 1. The van der Waals surface area contributed by atoms with Crippen LogP contribution in [0.4, 0.5) is 0 Å². The van der Waals surface area contributed by atoms with E-state index >= 15 is 0 Å². The SMILES string of the molecule is Cc1c(C(=O)N2CCNC(C)C2C)cnn1-c1ccccc1.Cl. The third-order valence-corrected chi connectivity index (χ3v) is 4.54. The summed E-state index contributed by atoms with van der Waals surface area (Å²) in [7, 11) is 0. The molecule has 1 saturated heterocycles. The monoisotopic (exact) mass is 334 g/mol. The summed E-state index contributed by atoms with van der Waals surface area (Å²) in [6.45, 7) is 7.73. The van der Waals surface area contributed by atoms with Gasteiger partial charge in [-0.25, -0.2) is 4.68 Å². The first-order valence-electron chi connectivity index (χ1n) is 7.74. The van der Waals surface area contributed by atoms with Crippen LogP contribution in [0.2, 0.25) is 0 Å². The standard InChI is InChI=1S/C17H22N4O.ClH/c1-12-13(2)20(10-9-18-12)17(22)16-11-19-21(14(16)3)15-7-5-4-6-8-15;/h4-8,11-13,18H,9-10H2,1-3H3;1H. The van der Waals surface area contributed by atoms with Crippen molar-refractivity contribution in [2.45, 2.75) is 32.9 Å². The summed E-state index contributed by atoms with van der Waals surface area (Å²) >= 11 is 0. The maximum atomic E-state index is 12.9. The minimum Gasteiger partial charge on any atom is -0.333 e. The lowest BCUT2D eigenvalue weighted by molar-refractivity contribution is 0.0602. The Morgan fingerprint density at radius 3 is 2.65 bits per heavy atom. The maximum absolute atomic E-state index is 12.9. The van der Waals surface area contributed by atoms with Crippen LogP contribution in [0.25, 0.3) is 5.69 Å². The van der Waals surface area contributed by atoms with Gasteiger partial charge in [-0.1, -0.05) is 18.2 Å². The van der Waals surface area contributed by atoms with Crippen molar-refractivity contribution >= 4 is 18.3 Å². The molecular weight excluding hydrogens is 312 g/mol. The highest BCUT2D eigenvalue weighted by Gasteiger charge is 2.30. The van der Waals surface area contributed by atoms with Gasteiger partial charge in [-0.15, -0.1) is 12.4 Å². The second kappa shape index (κ2) is 7.15. The van der Waals surface area contributed by atoms with Gasteiger partial charge in [0.25, 0.3) is 5.91 Å². The number of aromatic nitrogens is 2. The number of amides is 1. The number of nitrogens with zero attached hydrogens (tertiary/aromatic N) is 3. The van der Waals surface area contributed by atoms with Crippen molar-refractivity contribution < 1.29 is 4.79 Å². The number of rotatable bonds is 2. The molecule has 6 heteroatoms. The van der Waals surface area contributed by atoms with Crippen molar-refractivity contribution in [3.8, 4) is 5.69 Å². The second-order valence-electron chi connectivity index (χ2n) is 5.87. The fourth-order valence-electron chi connectivity index (χ4n) is 2.95. The Bertz CT molecular complexity index is 670. The normalized spacial score (nSPS) is 20.9. The third-order valence-electron chi connectivity index (χ3n) is 4.54. The summed E-state index contributed by atoms with van der Waals surface area (Å²) in [5.41, 5.74) is 2.54. The van der Waals surface area contributed by atoms with E-state index < -0.39 is 0 Å². The van der Waals surface area contributed by atoms with Crippen LogP contribution in [0.5, 0.6) is 0 Å². The number of hydrogen-bond acceptors (Lipinski definition) is 3. The van der Waals surface area contributed by atoms with Gasteiger partial charge in [0.1, 0.15) is 0 Å². The van der Waals surface area contributed by atoms with Crippen LogP contribution < -0.4 is 5.32 Å². The summed E-state index contributed by atoms with van der Waals surface area (Å²) in [6, 6.07) is 10.4. The molecule has 2 aromatic rings. The van der Waals surface area contributed by atoms with Crippen LogP contribution in [0, 0.1) is 6.92 Å². The number of carbonyl (C=O) groups excluding carboxylic acids is 1. The van der Waals surface area contributed by atoms with Gasteiger partial charge in [-0.3, -0.25) is 4.79 Å². The van der Waals surface area contributed by atoms with Crippen molar-refractivity contribution in [2.75, 3.05) is 13.1 Å². The Kier molecular flexibility index (Phi) is 5.44. The van der Waals surface area contributed by atoms with E-state index in [9.17, 15) is 4.79 Å². The first kappa shape index (κ1) is 17.5. The van der Waals surface area contributed by atoms with Crippen molar-refractivity contribution in [2.24, 2.45) is 0 Å². The van der Waals surface area contributed by atoms with Crippen LogP contribution in [0.15, 0.2) is 36.5 Å². The molecule has 0 radical (unpaired) electrons. The summed E-state index contributed by atoms with van der Waals surface area (Å²) in [5, 5.41) is 7.80. The topological polar surface area (TPSA) is 50.2 Å². The Hall–Kier alpha value is -1.85. The zero-order chi connectivity index (χ0) is 15.7. The molecule has 23 heavy (non-hydrogen) atoms. The van der Waals surface area contributed by atoms with Gasteiger partial charge >= 0.3 is 0 Å². The highest BCUT2D eigenvalue weighted by molar-refractivity contribution is 5.95. The van der Waals surface area contributed by atoms with E-state index in [1.54, 1.807) is 6.20 Å². The van der Waals surface area contributed by atoms with Crippen molar-refractivity contribution in [1.82, 2.24) is 20.0 Å². The largest absolute Gasteiger partial charge is 0.333 e. The molecule has 1 aromatic heterocycles. The second-order valence-corrected chi connectivity index (χ2v) is 5.87. The molecule has 1 amide bonds. The van der Waals surface area contributed by atoms with Gasteiger partial charge in [-0.2, -0.15) is 5.10 Å². The molecule has 1 N–H and O–H groups in total. The Labute approximate surface area is 143 Å². The summed E-state index contributed by atoms with van der Waals surface area (Å²) < 4.78 is 1.82. The van der Waals surface area contributed by atoms with Crippen LogP contribution >= 0.6 is 12.4 Å². The van der Waals surface area contributed by atoms with Gasteiger partial charge < -0.3 is 10.2 Å². The molecule has 0 saturated carbocycles. The van der Waals surface area contributed by atoms with E-state index in [4.69, 9.17) is 0 Å². The highest BCUT2D eigenvalue weighted by Crippen LogP contribution is 2.18. The van der Waals surface area contributed by atoms with E-state index in [0.29, 0.717) is 11.6 Å². The lowest BCUT2D eigenvalue weighted by Crippen LogP contribution is -2.57. The van der Waals surface area contributed by atoms with Crippen LogP contribution in [-0.2, 0) is 0 Å². The highest BCUT2D eigenvalue weighted by atomic mass is 35.5. The number of nitrogens with one attached hydrogen (secondary N) is 1.